The number of benzene rings is 2. The van der Waals surface area contributed by atoms with Crippen LogP contribution in [0.3, 0.4) is 0 Å². The topological polar surface area (TPSA) is 58.2 Å². The summed E-state index contributed by atoms with van der Waals surface area (Å²) in [5.41, 5.74) is 3.09. The van der Waals surface area contributed by atoms with Crippen LogP contribution in [0.2, 0.25) is 5.02 Å². The molecule has 2 rings (SSSR count). The number of carbonyl (C=O) groups is 2. The lowest BCUT2D eigenvalue weighted by molar-refractivity contribution is -0.123. The molecule has 2 amide bonds. The monoisotopic (exact) mass is 394 g/mol. The van der Waals surface area contributed by atoms with Gasteiger partial charge in [0.15, 0.2) is 0 Å². The zero-order valence-corrected chi connectivity index (χ0v) is 15.1. The van der Waals surface area contributed by atoms with Gasteiger partial charge in [0.25, 0.3) is 0 Å². The fourth-order valence-corrected chi connectivity index (χ4v) is 2.77. The number of hydrogen-bond acceptors (Lipinski definition) is 2. The lowest BCUT2D eigenvalue weighted by Crippen LogP contribution is -2.22. The van der Waals surface area contributed by atoms with Gasteiger partial charge in [-0.25, -0.2) is 0 Å². The van der Waals surface area contributed by atoms with Gasteiger partial charge in [-0.05, 0) is 61.4 Å². The minimum Gasteiger partial charge on any atom is -0.325 e. The van der Waals surface area contributed by atoms with Crippen LogP contribution in [0.1, 0.15) is 17.5 Å². The second-order valence-electron chi connectivity index (χ2n) is 5.19. The molecule has 0 aliphatic rings. The first-order valence-corrected chi connectivity index (χ1v) is 8.14. The lowest BCUT2D eigenvalue weighted by Gasteiger charge is -2.10. The maximum absolute atomic E-state index is 12.0. The summed E-state index contributed by atoms with van der Waals surface area (Å²) in [4.78, 5) is 24.0. The normalized spacial score (nSPS) is 10.3. The molecule has 2 aromatic rings. The van der Waals surface area contributed by atoms with Gasteiger partial charge < -0.3 is 10.6 Å². The second-order valence-corrected chi connectivity index (χ2v) is 6.54. The molecule has 0 aliphatic carbocycles. The maximum Gasteiger partial charge on any atom is 0.233 e. The Morgan fingerprint density at radius 2 is 1.48 bits per heavy atom. The van der Waals surface area contributed by atoms with E-state index in [1.54, 1.807) is 24.3 Å². The van der Waals surface area contributed by atoms with E-state index < -0.39 is 0 Å². The summed E-state index contributed by atoms with van der Waals surface area (Å²) in [6.07, 6.45) is -0.252. The molecule has 0 spiro atoms. The fraction of sp³-hybridized carbons (Fsp3) is 0.176. The van der Waals surface area contributed by atoms with Crippen molar-refractivity contribution in [1.82, 2.24) is 0 Å². The van der Waals surface area contributed by atoms with E-state index in [1.807, 2.05) is 26.0 Å². The smallest absolute Gasteiger partial charge is 0.233 e. The van der Waals surface area contributed by atoms with Gasteiger partial charge in [-0.3, -0.25) is 9.59 Å². The molecule has 0 saturated heterocycles. The van der Waals surface area contributed by atoms with Gasteiger partial charge in [0.05, 0.1) is 0 Å². The Morgan fingerprint density at radius 1 is 0.957 bits per heavy atom. The van der Waals surface area contributed by atoms with E-state index in [0.717, 1.165) is 15.6 Å². The van der Waals surface area contributed by atoms with E-state index >= 15 is 0 Å². The Hall–Kier alpha value is -1.85. The van der Waals surface area contributed by atoms with Gasteiger partial charge in [0.2, 0.25) is 11.8 Å². The van der Waals surface area contributed by atoms with Gasteiger partial charge in [-0.15, -0.1) is 0 Å². The first kappa shape index (κ1) is 17.5. The molecule has 120 valence electrons. The lowest BCUT2D eigenvalue weighted by atomic mass is 10.2. The van der Waals surface area contributed by atoms with Crippen LogP contribution in [-0.2, 0) is 9.59 Å². The van der Waals surface area contributed by atoms with E-state index in [4.69, 9.17) is 11.6 Å². The van der Waals surface area contributed by atoms with Crippen LogP contribution in [0.4, 0.5) is 11.4 Å². The largest absolute Gasteiger partial charge is 0.325 e. The fourth-order valence-electron chi connectivity index (χ4n) is 2.07. The van der Waals surface area contributed by atoms with Crippen molar-refractivity contribution in [2.24, 2.45) is 0 Å². The Balaban J connectivity index is 1.95. The van der Waals surface area contributed by atoms with E-state index in [9.17, 15) is 9.59 Å². The molecule has 0 unspecified atom stereocenters. The van der Waals surface area contributed by atoms with Crippen LogP contribution in [-0.4, -0.2) is 11.8 Å². The summed E-state index contributed by atoms with van der Waals surface area (Å²) in [7, 11) is 0. The highest BCUT2D eigenvalue weighted by molar-refractivity contribution is 9.10. The minimum atomic E-state index is -0.373. The SMILES string of the molecule is Cc1cc(Cl)ccc1NC(=O)CC(=O)Nc1ccc(Br)cc1C. The van der Waals surface area contributed by atoms with Crippen molar-refractivity contribution in [2.45, 2.75) is 20.3 Å². The summed E-state index contributed by atoms with van der Waals surface area (Å²) >= 11 is 9.24. The predicted molar refractivity (Wildman–Crippen MR) is 96.9 cm³/mol. The Labute approximate surface area is 148 Å². The first-order chi connectivity index (χ1) is 10.8. The summed E-state index contributed by atoms with van der Waals surface area (Å²) in [5, 5.41) is 6.05. The number of hydrogen-bond donors (Lipinski definition) is 2. The molecule has 0 aromatic heterocycles. The third-order valence-electron chi connectivity index (χ3n) is 3.25. The molecule has 4 nitrogen and oxygen atoms in total. The van der Waals surface area contributed by atoms with Crippen LogP contribution >= 0.6 is 27.5 Å². The van der Waals surface area contributed by atoms with Crippen molar-refractivity contribution in [1.29, 1.82) is 0 Å². The minimum absolute atomic E-state index is 0.252. The standard InChI is InChI=1S/C17H16BrClN2O2/c1-10-7-12(18)3-5-14(10)20-16(22)9-17(23)21-15-6-4-13(19)8-11(15)2/h3-8H,9H2,1-2H3,(H,20,22)(H,21,23). The van der Waals surface area contributed by atoms with Crippen molar-refractivity contribution in [2.75, 3.05) is 10.6 Å². The molecule has 0 saturated carbocycles. The molecule has 0 bridgehead atoms. The molecule has 0 fully saturated rings. The quantitative estimate of drug-likeness (QED) is 0.738. The number of carbonyl (C=O) groups excluding carboxylic acids is 2. The van der Waals surface area contributed by atoms with Crippen molar-refractivity contribution in [3.8, 4) is 0 Å². The summed E-state index contributed by atoms with van der Waals surface area (Å²) in [5.74, 6) is -0.734. The van der Waals surface area contributed by atoms with Gasteiger partial charge in [-0.2, -0.15) is 0 Å². The van der Waals surface area contributed by atoms with Crippen LogP contribution in [0, 0.1) is 13.8 Å². The number of anilines is 2. The van der Waals surface area contributed by atoms with Gasteiger partial charge in [0.1, 0.15) is 6.42 Å². The van der Waals surface area contributed by atoms with Crippen molar-refractivity contribution in [3.63, 3.8) is 0 Å². The highest BCUT2D eigenvalue weighted by Crippen LogP contribution is 2.21. The van der Waals surface area contributed by atoms with E-state index in [2.05, 4.69) is 26.6 Å². The Morgan fingerprint density at radius 3 is 2.00 bits per heavy atom. The molecule has 0 atom stereocenters. The molecular formula is C17H16BrClN2O2. The number of halogens is 2. The second kappa shape index (κ2) is 7.62. The number of rotatable bonds is 4. The van der Waals surface area contributed by atoms with E-state index in [1.165, 1.54) is 0 Å². The molecule has 0 radical (unpaired) electrons. The van der Waals surface area contributed by atoms with E-state index in [0.29, 0.717) is 16.4 Å². The zero-order valence-electron chi connectivity index (χ0n) is 12.7. The molecule has 0 heterocycles. The van der Waals surface area contributed by atoms with Gasteiger partial charge in [0, 0.05) is 20.9 Å². The molecule has 23 heavy (non-hydrogen) atoms. The average molecular weight is 396 g/mol. The molecule has 2 aromatic carbocycles. The number of aryl methyl sites for hydroxylation is 2. The molecule has 0 aliphatic heterocycles. The Bertz CT molecular complexity index is 699. The van der Waals surface area contributed by atoms with Crippen molar-refractivity contribution >= 4 is 50.7 Å². The Kier molecular flexibility index (Phi) is 5.80. The van der Waals surface area contributed by atoms with Crippen LogP contribution in [0.15, 0.2) is 40.9 Å². The maximum atomic E-state index is 12.0. The third-order valence-corrected chi connectivity index (χ3v) is 3.97. The van der Waals surface area contributed by atoms with Crippen molar-refractivity contribution in [3.05, 3.63) is 57.0 Å². The predicted octanol–water partition coefficient (Wildman–Crippen LogP) is 4.69. The third kappa shape index (κ3) is 5.08. The summed E-state index contributed by atoms with van der Waals surface area (Å²) in [6.45, 7) is 3.73. The van der Waals surface area contributed by atoms with Crippen molar-refractivity contribution < 1.29 is 9.59 Å². The highest BCUT2D eigenvalue weighted by Gasteiger charge is 2.12. The molecule has 2 N–H and O–H groups in total. The molecular weight excluding hydrogens is 380 g/mol. The number of nitrogens with one attached hydrogen (secondary N) is 2. The first-order valence-electron chi connectivity index (χ1n) is 6.97. The summed E-state index contributed by atoms with van der Waals surface area (Å²) < 4.78 is 0.934. The van der Waals surface area contributed by atoms with Gasteiger partial charge in [-0.1, -0.05) is 27.5 Å². The van der Waals surface area contributed by atoms with Crippen LogP contribution < -0.4 is 10.6 Å². The van der Waals surface area contributed by atoms with Gasteiger partial charge >= 0.3 is 0 Å². The van der Waals surface area contributed by atoms with Crippen LogP contribution in [0.5, 0.6) is 0 Å². The van der Waals surface area contributed by atoms with Crippen LogP contribution in [0.25, 0.3) is 0 Å². The summed E-state index contributed by atoms with van der Waals surface area (Å²) in [6, 6.07) is 10.7. The molecule has 6 heteroatoms. The number of amides is 2. The highest BCUT2D eigenvalue weighted by atomic mass is 79.9. The average Bonchev–Trinajstić information content (AvgIpc) is 2.45. The zero-order chi connectivity index (χ0) is 17.0. The van der Waals surface area contributed by atoms with E-state index in [-0.39, 0.29) is 18.2 Å².